The lowest BCUT2D eigenvalue weighted by molar-refractivity contribution is 0.0948. The summed E-state index contributed by atoms with van der Waals surface area (Å²) in [6.45, 7) is 4.98. The maximum atomic E-state index is 13.6. The van der Waals surface area contributed by atoms with Crippen LogP contribution in [0.3, 0.4) is 0 Å². The summed E-state index contributed by atoms with van der Waals surface area (Å²) in [7, 11) is -21.5. The van der Waals surface area contributed by atoms with E-state index in [-0.39, 0.29) is 148 Å². The Hall–Kier alpha value is -7.30. The Balaban J connectivity index is 1.07. The lowest BCUT2D eigenvalue weighted by Gasteiger charge is -2.19. The number of aryl methyl sites for hydroxylation is 4. The van der Waals surface area contributed by atoms with Gasteiger partial charge in [-0.15, -0.1) is 10.2 Å². The van der Waals surface area contributed by atoms with Crippen LogP contribution in [0, 0.1) is 0 Å². The van der Waals surface area contributed by atoms with Gasteiger partial charge in [0.2, 0.25) is 11.5 Å². The minimum atomic E-state index is -4.34. The summed E-state index contributed by atoms with van der Waals surface area (Å²) >= 11 is 0. The lowest BCUT2D eigenvalue weighted by atomic mass is 10.0. The highest BCUT2D eigenvalue weighted by atomic mass is 32.2. The fourth-order valence-corrected chi connectivity index (χ4v) is 12.2. The Morgan fingerprint density at radius 1 is 0.382 bits per heavy atom. The highest BCUT2D eigenvalue weighted by molar-refractivity contribution is 7.86. The Morgan fingerprint density at radius 2 is 0.735 bits per heavy atom. The van der Waals surface area contributed by atoms with E-state index in [1.54, 1.807) is 33.8 Å². The molecule has 0 unspecified atom stereocenters. The van der Waals surface area contributed by atoms with Crippen LogP contribution in [0.2, 0.25) is 0 Å². The van der Waals surface area contributed by atoms with E-state index in [0.29, 0.717) is 108 Å². The van der Waals surface area contributed by atoms with Crippen LogP contribution in [-0.2, 0) is 76.5 Å². The fraction of sp³-hybridized carbons (Fsp3) is 0.609. The van der Waals surface area contributed by atoms with Crippen molar-refractivity contribution < 1.29 is 117 Å². The molecule has 0 saturated carbocycles. The molecule has 0 fully saturated rings. The van der Waals surface area contributed by atoms with Crippen LogP contribution in [0.5, 0.6) is 46.0 Å². The molecule has 0 bridgehead atoms. The van der Waals surface area contributed by atoms with E-state index in [0.717, 1.165) is 37.1 Å². The zero-order valence-electron chi connectivity index (χ0n) is 57.4. The van der Waals surface area contributed by atoms with Crippen LogP contribution < -0.4 is 43.2 Å². The molecule has 0 aliphatic carbocycles. The number of benzene rings is 3. The van der Waals surface area contributed by atoms with E-state index in [4.69, 9.17) is 42.4 Å². The molecule has 33 nitrogen and oxygen atoms in total. The molecular formula is C64H95N7O26S5. The van der Waals surface area contributed by atoms with Gasteiger partial charge in [-0.3, -0.25) is 46.5 Å². The van der Waals surface area contributed by atoms with E-state index < -0.39 is 85.3 Å². The number of carbonyl (C=O) groups is 3. The van der Waals surface area contributed by atoms with Crippen molar-refractivity contribution in [3.8, 4) is 46.0 Å². The molecule has 3 aromatic carbocycles. The number of Topliss-reactive ketones (excluding diaryl/α,β-unsaturated/α-hetero) is 2. The van der Waals surface area contributed by atoms with Gasteiger partial charge in [0.1, 0.15) is 11.5 Å². The summed E-state index contributed by atoms with van der Waals surface area (Å²) in [6.07, 6.45) is 12.4. The molecular weight excluding hydrogens is 1440 g/mol. The number of nitrogens with one attached hydrogen (secondary N) is 1. The third-order valence-electron chi connectivity index (χ3n) is 14.8. The summed E-state index contributed by atoms with van der Waals surface area (Å²) in [5, 5.41) is 19.9. The Morgan fingerprint density at radius 3 is 1.17 bits per heavy atom. The second-order valence-electron chi connectivity index (χ2n) is 23.9. The number of rotatable bonds is 57. The first-order valence-electron chi connectivity index (χ1n) is 33.8. The normalized spacial score (nSPS) is 12.1. The van der Waals surface area contributed by atoms with Crippen LogP contribution in [0.15, 0.2) is 54.9 Å². The predicted molar refractivity (Wildman–Crippen MR) is 373 cm³/mol. The molecule has 0 spiro atoms. The highest BCUT2D eigenvalue weighted by Gasteiger charge is 2.23. The van der Waals surface area contributed by atoms with Crippen LogP contribution in [0.25, 0.3) is 0 Å². The number of hydrogen-bond acceptors (Lipinski definition) is 25. The average molecular weight is 1540 g/mol. The van der Waals surface area contributed by atoms with Gasteiger partial charge in [0.05, 0.1) is 93.0 Å². The summed E-state index contributed by atoms with van der Waals surface area (Å²) in [5.41, 5.74) is 2.26. The molecule has 5 rings (SSSR count). The van der Waals surface area contributed by atoms with Gasteiger partial charge < -0.3 is 43.2 Å². The molecule has 38 heteroatoms. The molecule has 102 heavy (non-hydrogen) atoms. The number of aromatic nitrogens is 6. The van der Waals surface area contributed by atoms with Crippen molar-refractivity contribution in [2.45, 2.75) is 162 Å². The van der Waals surface area contributed by atoms with Crippen molar-refractivity contribution in [3.63, 3.8) is 0 Å². The van der Waals surface area contributed by atoms with Crippen LogP contribution >= 0.6 is 0 Å². The quantitative estimate of drug-likeness (QED) is 0.0123. The van der Waals surface area contributed by atoms with E-state index in [9.17, 15) is 74.7 Å². The third-order valence-corrected chi connectivity index (χ3v) is 18.9. The number of amides is 1. The van der Waals surface area contributed by atoms with E-state index in [2.05, 4.69) is 25.9 Å². The van der Waals surface area contributed by atoms with Crippen LogP contribution in [0.1, 0.15) is 178 Å². The van der Waals surface area contributed by atoms with Gasteiger partial charge in [-0.05, 0) is 146 Å². The van der Waals surface area contributed by atoms with Crippen LogP contribution in [-0.4, -0.2) is 200 Å². The zero-order chi connectivity index (χ0) is 74.6. The zero-order valence-corrected chi connectivity index (χ0v) is 61.5. The number of hydrogen-bond donors (Lipinski definition) is 6. The first kappa shape index (κ1) is 85.3. The first-order valence-corrected chi connectivity index (χ1v) is 41.8. The molecule has 0 atom stereocenters. The molecule has 1 amide bonds. The first-order chi connectivity index (χ1) is 48.4. The predicted octanol–water partition coefficient (Wildman–Crippen LogP) is 7.77. The largest absolute Gasteiger partial charge is 0.493 e. The Labute approximate surface area is 596 Å². The van der Waals surface area contributed by atoms with Gasteiger partial charge in [0.25, 0.3) is 56.5 Å². The van der Waals surface area contributed by atoms with E-state index in [1.807, 2.05) is 20.0 Å². The molecule has 0 aliphatic rings. The van der Waals surface area contributed by atoms with Gasteiger partial charge in [-0.2, -0.15) is 42.1 Å². The van der Waals surface area contributed by atoms with Crippen molar-refractivity contribution in [2.75, 3.05) is 88.2 Å². The minimum absolute atomic E-state index is 0.0135. The molecule has 6 N–H and O–H groups in total. The molecule has 2 aromatic heterocycles. The molecule has 0 aliphatic heterocycles. The minimum Gasteiger partial charge on any atom is -0.493 e. The van der Waals surface area contributed by atoms with Gasteiger partial charge in [0, 0.05) is 67.6 Å². The maximum Gasteiger partial charge on any atom is 0.264 e. The van der Waals surface area contributed by atoms with Gasteiger partial charge in [0.15, 0.2) is 34.6 Å². The summed E-state index contributed by atoms with van der Waals surface area (Å²) in [6, 6.07) is 10.8. The van der Waals surface area contributed by atoms with Crippen molar-refractivity contribution in [1.29, 1.82) is 0 Å². The molecule has 0 saturated heterocycles. The van der Waals surface area contributed by atoms with Gasteiger partial charge >= 0.3 is 0 Å². The number of ether oxygens (including phenoxy) is 8. The van der Waals surface area contributed by atoms with Gasteiger partial charge in [-0.25, -0.2) is 0 Å². The van der Waals surface area contributed by atoms with Gasteiger partial charge in [-0.1, -0.05) is 37.1 Å². The van der Waals surface area contributed by atoms with Crippen molar-refractivity contribution in [2.24, 2.45) is 0 Å². The van der Waals surface area contributed by atoms with Crippen molar-refractivity contribution >= 4 is 68.1 Å². The van der Waals surface area contributed by atoms with Crippen LogP contribution in [0.4, 0.5) is 0 Å². The summed E-state index contributed by atoms with van der Waals surface area (Å²) < 4.78 is 210. The number of unbranched alkanes of at least 4 members (excludes halogenated alkanes) is 6. The lowest BCUT2D eigenvalue weighted by Crippen LogP contribution is -2.25. The third kappa shape index (κ3) is 36.2. The van der Waals surface area contributed by atoms with E-state index in [1.165, 1.54) is 24.3 Å². The molecule has 572 valence electrons. The van der Waals surface area contributed by atoms with Crippen molar-refractivity contribution in [3.05, 3.63) is 82.9 Å². The maximum absolute atomic E-state index is 13.6. The number of nitrogens with zero attached hydrogens (tertiary/aromatic N) is 6. The summed E-state index contributed by atoms with van der Waals surface area (Å²) in [5.74, 6) is -2.76. The number of carbonyl (C=O) groups excluding carboxylic acids is 3. The fourth-order valence-electron chi connectivity index (χ4n) is 9.68. The highest BCUT2D eigenvalue weighted by Crippen LogP contribution is 2.41. The average Bonchev–Trinajstić information content (AvgIpc) is 0.996. The smallest absolute Gasteiger partial charge is 0.264 e. The standard InChI is InChI=1S/C64H95N7O26S5/c1-3-5-22-56(72)49-40-54(90-28-11-8-20-52-47-70(68-66-52)25-10-7-23-57(73)50-42-58(92-27-6-4-2)62(96-33-18-38-101(84,85)86)59(43-50)94-31-16-36-99(78,79)80)46-55(41-49)91-29-12-9-21-53-48-71(69-67-53)26-15-24-65-64(74)51-44-60(93-30-13-14-35-98(75,76)77)63(97-34-19-39-102(87,88)89)61(45-51)95-32-17-37-100(81,82)83/h40-48H,3-39H2,1-2H3,(H,65,74)(H,75,76,77)(H,78,79,80)(H,81,82,83)(H,84,85,86)(H,87,88,89). The second kappa shape index (κ2) is 43.7. The topological polar surface area (TPSA) is 470 Å². The monoisotopic (exact) mass is 1540 g/mol. The SMILES string of the molecule is CCCCOc1cc(C(=O)CCCCn2cc(CCCCOc3cc(OCCCCc4cn(CCCNC(=O)c5cc(OCCCCS(=O)(=O)O)c(OCCCS(=O)(=O)O)c(OCCCS(=O)(=O)O)c5)nn4)cc(C(=O)CCCC)c3)nn2)cc(OCCCS(=O)(=O)O)c1OCCCS(=O)(=O)O. The van der Waals surface area contributed by atoms with E-state index >= 15 is 0 Å². The second-order valence-corrected chi connectivity index (χ2v) is 31.7. The molecule has 2 heterocycles. The van der Waals surface area contributed by atoms with Crippen molar-refractivity contribution in [1.82, 2.24) is 35.3 Å². The molecule has 5 aromatic rings. The summed E-state index contributed by atoms with van der Waals surface area (Å²) in [4.78, 5) is 40.4. The molecule has 0 radical (unpaired) electrons. The number of ketones is 2. The Kier molecular flexibility index (Phi) is 36.6. The Bertz CT molecular complexity index is 4040.